The molecule has 0 saturated carbocycles. The third kappa shape index (κ3) is 9.30. The number of carbonyl (C=O) groups excluding carboxylic acids is 1. The van der Waals surface area contributed by atoms with Crippen LogP contribution in [0.15, 0.2) is 12.7 Å². The van der Waals surface area contributed by atoms with Crippen LogP contribution in [0.5, 0.6) is 0 Å². The molecule has 0 aliphatic heterocycles. The van der Waals surface area contributed by atoms with Crippen LogP contribution in [0.25, 0.3) is 0 Å². The van der Waals surface area contributed by atoms with E-state index >= 15 is 0 Å². The summed E-state index contributed by atoms with van der Waals surface area (Å²) in [7, 11) is 0. The average molecular weight is 197 g/mol. The summed E-state index contributed by atoms with van der Waals surface area (Å²) in [6.07, 6.45) is 9.75. The van der Waals surface area contributed by atoms with Crippen LogP contribution in [0, 0.1) is 0 Å². The Morgan fingerprint density at radius 3 is 2.50 bits per heavy atom. The van der Waals surface area contributed by atoms with Crippen molar-refractivity contribution in [3.63, 3.8) is 0 Å². The number of unbranched alkanes of at least 4 members (excludes halogenated alkanes) is 5. The van der Waals surface area contributed by atoms with Gasteiger partial charge in [0, 0.05) is 13.0 Å². The standard InChI is InChI=1S/C12H23NO/c1-3-5-6-7-8-9-10-12(14)13-11-4-2/h4H,2-3,5-11H2,1H3,(H,13,14). The molecule has 0 heterocycles. The van der Waals surface area contributed by atoms with Gasteiger partial charge in [0.25, 0.3) is 0 Å². The second kappa shape index (κ2) is 10.3. The van der Waals surface area contributed by atoms with Crippen molar-refractivity contribution in [3.8, 4) is 0 Å². The second-order valence-electron chi connectivity index (χ2n) is 3.61. The Morgan fingerprint density at radius 1 is 1.21 bits per heavy atom. The Hall–Kier alpha value is -0.790. The van der Waals surface area contributed by atoms with E-state index in [1.165, 1.54) is 32.1 Å². The first kappa shape index (κ1) is 13.2. The lowest BCUT2D eigenvalue weighted by Crippen LogP contribution is -2.22. The first-order valence-electron chi connectivity index (χ1n) is 5.68. The molecular formula is C12H23NO. The summed E-state index contributed by atoms with van der Waals surface area (Å²) in [5, 5.41) is 2.78. The minimum atomic E-state index is 0.153. The molecule has 0 unspecified atom stereocenters. The lowest BCUT2D eigenvalue weighted by molar-refractivity contribution is -0.121. The second-order valence-corrected chi connectivity index (χ2v) is 3.61. The molecule has 14 heavy (non-hydrogen) atoms. The number of carbonyl (C=O) groups is 1. The summed E-state index contributed by atoms with van der Waals surface area (Å²) in [6.45, 7) is 6.35. The summed E-state index contributed by atoms with van der Waals surface area (Å²) in [4.78, 5) is 11.1. The van der Waals surface area contributed by atoms with Crippen LogP contribution in [-0.2, 0) is 4.79 Å². The Morgan fingerprint density at radius 2 is 1.86 bits per heavy atom. The van der Waals surface area contributed by atoms with Crippen molar-refractivity contribution < 1.29 is 4.79 Å². The molecule has 0 aliphatic rings. The van der Waals surface area contributed by atoms with Gasteiger partial charge in [0.15, 0.2) is 0 Å². The lowest BCUT2D eigenvalue weighted by atomic mass is 10.1. The van der Waals surface area contributed by atoms with E-state index in [9.17, 15) is 4.79 Å². The number of hydrogen-bond acceptors (Lipinski definition) is 1. The predicted molar refractivity (Wildman–Crippen MR) is 61.2 cm³/mol. The highest BCUT2D eigenvalue weighted by atomic mass is 16.1. The van der Waals surface area contributed by atoms with E-state index in [-0.39, 0.29) is 5.91 Å². The maximum absolute atomic E-state index is 11.1. The van der Waals surface area contributed by atoms with Crippen molar-refractivity contribution in [1.82, 2.24) is 5.32 Å². The van der Waals surface area contributed by atoms with Gasteiger partial charge in [-0.25, -0.2) is 0 Å². The molecule has 82 valence electrons. The van der Waals surface area contributed by atoms with E-state index in [4.69, 9.17) is 0 Å². The Kier molecular flexibility index (Phi) is 9.71. The van der Waals surface area contributed by atoms with Crippen molar-refractivity contribution in [2.24, 2.45) is 0 Å². The van der Waals surface area contributed by atoms with Crippen molar-refractivity contribution in [2.75, 3.05) is 6.54 Å². The third-order valence-corrected chi connectivity index (χ3v) is 2.20. The molecule has 0 aromatic rings. The molecule has 1 N–H and O–H groups in total. The van der Waals surface area contributed by atoms with E-state index in [2.05, 4.69) is 18.8 Å². The number of amides is 1. The minimum absolute atomic E-state index is 0.153. The van der Waals surface area contributed by atoms with Crippen molar-refractivity contribution >= 4 is 5.91 Å². The highest BCUT2D eigenvalue weighted by Crippen LogP contribution is 2.06. The molecule has 0 atom stereocenters. The molecule has 0 aromatic heterocycles. The van der Waals surface area contributed by atoms with Crippen molar-refractivity contribution in [2.45, 2.75) is 51.9 Å². The Balaban J connectivity index is 3.10. The van der Waals surface area contributed by atoms with E-state index in [0.29, 0.717) is 13.0 Å². The number of hydrogen-bond donors (Lipinski definition) is 1. The van der Waals surface area contributed by atoms with Crippen molar-refractivity contribution in [3.05, 3.63) is 12.7 Å². The SMILES string of the molecule is C=CCNC(=O)CCCCCCCC. The van der Waals surface area contributed by atoms with E-state index in [1.807, 2.05) is 0 Å². The third-order valence-electron chi connectivity index (χ3n) is 2.20. The van der Waals surface area contributed by atoms with E-state index in [0.717, 1.165) is 6.42 Å². The van der Waals surface area contributed by atoms with Gasteiger partial charge in [0.1, 0.15) is 0 Å². The van der Waals surface area contributed by atoms with Gasteiger partial charge in [0.2, 0.25) is 5.91 Å². The zero-order valence-electron chi connectivity index (χ0n) is 9.35. The first-order valence-corrected chi connectivity index (χ1v) is 5.68. The number of nitrogens with one attached hydrogen (secondary N) is 1. The topological polar surface area (TPSA) is 29.1 Å². The van der Waals surface area contributed by atoms with E-state index in [1.54, 1.807) is 6.08 Å². The van der Waals surface area contributed by atoms with Gasteiger partial charge in [-0.3, -0.25) is 4.79 Å². The normalized spacial score (nSPS) is 9.79. The van der Waals surface area contributed by atoms with Gasteiger partial charge < -0.3 is 5.32 Å². The molecule has 0 saturated heterocycles. The molecule has 0 fully saturated rings. The number of rotatable bonds is 9. The minimum Gasteiger partial charge on any atom is -0.353 e. The fourth-order valence-electron chi connectivity index (χ4n) is 1.34. The zero-order valence-corrected chi connectivity index (χ0v) is 9.35. The molecule has 0 rings (SSSR count). The van der Waals surface area contributed by atoms with Crippen LogP contribution in [0.1, 0.15) is 51.9 Å². The fraction of sp³-hybridized carbons (Fsp3) is 0.750. The molecular weight excluding hydrogens is 174 g/mol. The maximum atomic E-state index is 11.1. The quantitative estimate of drug-likeness (QED) is 0.447. The molecule has 2 nitrogen and oxygen atoms in total. The summed E-state index contributed by atoms with van der Waals surface area (Å²) < 4.78 is 0. The summed E-state index contributed by atoms with van der Waals surface area (Å²) in [5.74, 6) is 0.153. The molecule has 0 aromatic carbocycles. The van der Waals surface area contributed by atoms with Crippen LogP contribution in [0.4, 0.5) is 0 Å². The highest BCUT2D eigenvalue weighted by Gasteiger charge is 1.98. The molecule has 0 bridgehead atoms. The van der Waals surface area contributed by atoms with Gasteiger partial charge in [-0.15, -0.1) is 6.58 Å². The van der Waals surface area contributed by atoms with Gasteiger partial charge in [-0.05, 0) is 6.42 Å². The summed E-state index contributed by atoms with van der Waals surface area (Å²) in [6, 6.07) is 0. The molecule has 0 aliphatic carbocycles. The Labute approximate surface area is 87.8 Å². The smallest absolute Gasteiger partial charge is 0.220 e. The first-order chi connectivity index (χ1) is 6.81. The summed E-state index contributed by atoms with van der Waals surface area (Å²) in [5.41, 5.74) is 0. The van der Waals surface area contributed by atoms with Crippen LogP contribution in [0.3, 0.4) is 0 Å². The van der Waals surface area contributed by atoms with Gasteiger partial charge in [0.05, 0.1) is 0 Å². The van der Waals surface area contributed by atoms with Crippen molar-refractivity contribution in [1.29, 1.82) is 0 Å². The van der Waals surface area contributed by atoms with Gasteiger partial charge in [-0.1, -0.05) is 45.1 Å². The fourth-order valence-corrected chi connectivity index (χ4v) is 1.34. The maximum Gasteiger partial charge on any atom is 0.220 e. The molecule has 0 radical (unpaired) electrons. The predicted octanol–water partition coefficient (Wildman–Crippen LogP) is 3.04. The average Bonchev–Trinajstić information content (AvgIpc) is 2.20. The highest BCUT2D eigenvalue weighted by molar-refractivity contribution is 5.75. The van der Waals surface area contributed by atoms with Crippen LogP contribution in [0.2, 0.25) is 0 Å². The molecule has 2 heteroatoms. The van der Waals surface area contributed by atoms with Gasteiger partial charge >= 0.3 is 0 Å². The largest absolute Gasteiger partial charge is 0.353 e. The van der Waals surface area contributed by atoms with Crippen LogP contribution in [-0.4, -0.2) is 12.5 Å². The monoisotopic (exact) mass is 197 g/mol. The molecule has 0 spiro atoms. The lowest BCUT2D eigenvalue weighted by Gasteiger charge is -2.02. The summed E-state index contributed by atoms with van der Waals surface area (Å²) >= 11 is 0. The van der Waals surface area contributed by atoms with Crippen LogP contribution >= 0.6 is 0 Å². The van der Waals surface area contributed by atoms with Crippen LogP contribution < -0.4 is 5.32 Å². The van der Waals surface area contributed by atoms with E-state index < -0.39 is 0 Å². The molecule has 1 amide bonds. The Bertz CT molecular complexity index is 154. The zero-order chi connectivity index (χ0) is 10.6. The van der Waals surface area contributed by atoms with Gasteiger partial charge in [-0.2, -0.15) is 0 Å².